The van der Waals surface area contributed by atoms with Gasteiger partial charge in [-0.25, -0.2) is 0 Å². The monoisotopic (exact) mass is 278 g/mol. The van der Waals surface area contributed by atoms with Gasteiger partial charge < -0.3 is 17.7 Å². The van der Waals surface area contributed by atoms with Crippen LogP contribution in [0.1, 0.15) is 58.8 Å². The van der Waals surface area contributed by atoms with Gasteiger partial charge in [0.15, 0.2) is 0 Å². The predicted molar refractivity (Wildman–Crippen MR) is 75.3 cm³/mol. The third kappa shape index (κ3) is 8.21. The second kappa shape index (κ2) is 12.1. The maximum absolute atomic E-state index is 5.67. The van der Waals surface area contributed by atoms with Crippen LogP contribution in [0.2, 0.25) is 0 Å². The van der Waals surface area contributed by atoms with Crippen LogP contribution in [0.4, 0.5) is 0 Å². The fourth-order valence-electron chi connectivity index (χ4n) is 1.79. The molecule has 0 amide bonds. The van der Waals surface area contributed by atoms with Crippen LogP contribution >= 0.6 is 0 Å². The summed E-state index contributed by atoms with van der Waals surface area (Å²) in [5.74, 6) is 0. The minimum atomic E-state index is -2.82. The summed E-state index contributed by atoms with van der Waals surface area (Å²) in [7, 11) is 0.334. The summed E-state index contributed by atoms with van der Waals surface area (Å²) < 4.78 is 21.6. The standard InChI is InChI=1S/C13H30O4Si/c1-5-7-8-9-10-11-12-13-17-18(14-3,15-4)16-6-2/h5-13H2,1-4H3. The van der Waals surface area contributed by atoms with Gasteiger partial charge >= 0.3 is 9.05 Å². The zero-order chi connectivity index (χ0) is 13.7. The molecular formula is C13H30O4Si. The SMILES string of the molecule is CCCCCCCCCO[Si](OC)(OC)OCC. The van der Waals surface area contributed by atoms with E-state index in [1.54, 1.807) is 14.2 Å². The number of hydrogen-bond acceptors (Lipinski definition) is 4. The second-order valence-corrected chi connectivity index (χ2v) is 6.70. The molecule has 0 aliphatic rings. The first-order chi connectivity index (χ1) is 8.74. The van der Waals surface area contributed by atoms with Gasteiger partial charge in [-0.3, -0.25) is 0 Å². The van der Waals surface area contributed by atoms with Crippen LogP contribution in [0.3, 0.4) is 0 Å². The molecule has 0 fully saturated rings. The van der Waals surface area contributed by atoms with Gasteiger partial charge in [0.05, 0.1) is 0 Å². The van der Waals surface area contributed by atoms with E-state index in [2.05, 4.69) is 6.92 Å². The quantitative estimate of drug-likeness (QED) is 0.381. The molecule has 4 nitrogen and oxygen atoms in total. The predicted octanol–water partition coefficient (Wildman–Crippen LogP) is 3.52. The molecule has 0 heterocycles. The third-order valence-electron chi connectivity index (χ3n) is 2.85. The van der Waals surface area contributed by atoms with Crippen molar-refractivity contribution in [3.05, 3.63) is 0 Å². The van der Waals surface area contributed by atoms with E-state index in [1.165, 1.54) is 38.5 Å². The van der Waals surface area contributed by atoms with E-state index >= 15 is 0 Å². The Bertz CT molecular complexity index is 174. The Morgan fingerprint density at radius 1 is 0.722 bits per heavy atom. The summed E-state index contributed by atoms with van der Waals surface area (Å²) in [6, 6.07) is 0. The van der Waals surface area contributed by atoms with Crippen molar-refractivity contribution in [2.24, 2.45) is 0 Å². The van der Waals surface area contributed by atoms with Gasteiger partial charge in [-0.15, -0.1) is 0 Å². The molecule has 0 atom stereocenters. The Morgan fingerprint density at radius 2 is 1.28 bits per heavy atom. The van der Waals surface area contributed by atoms with Crippen LogP contribution < -0.4 is 0 Å². The van der Waals surface area contributed by atoms with E-state index in [0.29, 0.717) is 13.2 Å². The summed E-state index contributed by atoms with van der Waals surface area (Å²) in [6.07, 6.45) is 8.86. The molecule has 18 heavy (non-hydrogen) atoms. The fourth-order valence-corrected chi connectivity index (χ4v) is 3.26. The van der Waals surface area contributed by atoms with Gasteiger partial charge in [0, 0.05) is 27.4 Å². The van der Waals surface area contributed by atoms with Crippen molar-refractivity contribution in [3.63, 3.8) is 0 Å². The molecule has 0 aromatic heterocycles. The van der Waals surface area contributed by atoms with Gasteiger partial charge in [-0.2, -0.15) is 0 Å². The molecule has 110 valence electrons. The Morgan fingerprint density at radius 3 is 1.78 bits per heavy atom. The van der Waals surface area contributed by atoms with E-state index in [1.807, 2.05) is 6.92 Å². The summed E-state index contributed by atoms with van der Waals surface area (Å²) >= 11 is 0. The molecule has 0 aromatic rings. The van der Waals surface area contributed by atoms with E-state index in [9.17, 15) is 0 Å². The highest BCUT2D eigenvalue weighted by Crippen LogP contribution is 2.12. The molecule has 0 aliphatic carbocycles. The first-order valence-corrected chi connectivity index (χ1v) is 8.76. The normalized spacial score (nSPS) is 12.0. The van der Waals surface area contributed by atoms with E-state index < -0.39 is 9.05 Å². The molecule has 0 saturated carbocycles. The van der Waals surface area contributed by atoms with Crippen molar-refractivity contribution >= 4 is 9.05 Å². The van der Waals surface area contributed by atoms with Gasteiger partial charge in [0.1, 0.15) is 0 Å². The summed E-state index contributed by atoms with van der Waals surface area (Å²) in [5.41, 5.74) is 0. The van der Waals surface area contributed by atoms with Crippen LogP contribution in [-0.2, 0) is 17.7 Å². The van der Waals surface area contributed by atoms with Gasteiger partial charge in [-0.05, 0) is 13.3 Å². The summed E-state index contributed by atoms with van der Waals surface area (Å²) in [5, 5.41) is 0. The molecule has 5 heteroatoms. The molecule has 0 spiro atoms. The lowest BCUT2D eigenvalue weighted by atomic mass is 10.1. The molecule has 0 rings (SSSR count). The lowest BCUT2D eigenvalue weighted by Crippen LogP contribution is -2.47. The Labute approximate surface area is 113 Å². The van der Waals surface area contributed by atoms with Crippen molar-refractivity contribution < 1.29 is 17.7 Å². The molecular weight excluding hydrogens is 248 g/mol. The van der Waals surface area contributed by atoms with Crippen molar-refractivity contribution in [3.8, 4) is 0 Å². The zero-order valence-electron chi connectivity index (χ0n) is 12.5. The molecule has 0 bridgehead atoms. The maximum Gasteiger partial charge on any atom is 0.679 e. The summed E-state index contributed by atoms with van der Waals surface area (Å²) in [6.45, 7) is 5.35. The van der Waals surface area contributed by atoms with Crippen LogP contribution in [-0.4, -0.2) is 36.5 Å². The third-order valence-corrected chi connectivity index (χ3v) is 5.05. The highest BCUT2D eigenvalue weighted by Gasteiger charge is 2.42. The molecule has 0 unspecified atom stereocenters. The van der Waals surface area contributed by atoms with Gasteiger partial charge in [-0.1, -0.05) is 45.4 Å². The van der Waals surface area contributed by atoms with E-state index in [0.717, 1.165) is 6.42 Å². The Kier molecular flexibility index (Phi) is 12.1. The first kappa shape index (κ1) is 18.1. The van der Waals surface area contributed by atoms with Crippen LogP contribution in [0, 0.1) is 0 Å². The highest BCUT2D eigenvalue weighted by molar-refractivity contribution is 6.53. The van der Waals surface area contributed by atoms with Crippen molar-refractivity contribution in [2.45, 2.75) is 58.8 Å². The largest absolute Gasteiger partial charge is 0.679 e. The smallest absolute Gasteiger partial charge is 0.355 e. The second-order valence-electron chi connectivity index (χ2n) is 4.31. The minimum Gasteiger partial charge on any atom is -0.355 e. The molecule has 0 saturated heterocycles. The number of hydrogen-bond donors (Lipinski definition) is 0. The van der Waals surface area contributed by atoms with Gasteiger partial charge in [0.2, 0.25) is 0 Å². The van der Waals surface area contributed by atoms with E-state index in [4.69, 9.17) is 17.7 Å². The number of rotatable bonds is 13. The van der Waals surface area contributed by atoms with Crippen LogP contribution in [0.5, 0.6) is 0 Å². The fraction of sp³-hybridized carbons (Fsp3) is 1.00. The molecule has 0 N–H and O–H groups in total. The van der Waals surface area contributed by atoms with Crippen molar-refractivity contribution in [1.29, 1.82) is 0 Å². The number of unbranched alkanes of at least 4 members (excludes halogenated alkanes) is 6. The Balaban J connectivity index is 3.55. The lowest BCUT2D eigenvalue weighted by molar-refractivity contribution is -0.00671. The molecule has 0 aromatic carbocycles. The average molecular weight is 278 g/mol. The lowest BCUT2D eigenvalue weighted by Gasteiger charge is -2.24. The van der Waals surface area contributed by atoms with Crippen LogP contribution in [0.25, 0.3) is 0 Å². The Hall–Kier alpha value is 0.0569. The first-order valence-electron chi connectivity index (χ1n) is 7.12. The molecule has 0 aliphatic heterocycles. The minimum absolute atomic E-state index is 0.547. The zero-order valence-corrected chi connectivity index (χ0v) is 13.5. The highest BCUT2D eigenvalue weighted by atomic mass is 28.4. The van der Waals surface area contributed by atoms with Gasteiger partial charge in [0.25, 0.3) is 0 Å². The topological polar surface area (TPSA) is 36.9 Å². The van der Waals surface area contributed by atoms with E-state index in [-0.39, 0.29) is 0 Å². The average Bonchev–Trinajstić information content (AvgIpc) is 2.40. The maximum atomic E-state index is 5.67. The van der Waals surface area contributed by atoms with Crippen molar-refractivity contribution in [2.75, 3.05) is 27.4 Å². The van der Waals surface area contributed by atoms with Crippen molar-refractivity contribution in [1.82, 2.24) is 0 Å². The summed E-state index contributed by atoms with van der Waals surface area (Å²) in [4.78, 5) is 0. The van der Waals surface area contributed by atoms with Crippen LogP contribution in [0.15, 0.2) is 0 Å². The molecule has 0 radical (unpaired) electrons.